The van der Waals surface area contributed by atoms with E-state index in [9.17, 15) is 4.79 Å². The first-order valence-electron chi connectivity index (χ1n) is 7.51. The van der Waals surface area contributed by atoms with Gasteiger partial charge in [0, 0.05) is 13.6 Å². The highest BCUT2D eigenvalue weighted by Gasteiger charge is 2.15. The van der Waals surface area contributed by atoms with Crippen LogP contribution in [0.1, 0.15) is 19.3 Å². The van der Waals surface area contributed by atoms with E-state index in [4.69, 9.17) is 0 Å². The van der Waals surface area contributed by atoms with Gasteiger partial charge >= 0.3 is 0 Å². The van der Waals surface area contributed by atoms with Gasteiger partial charge in [-0.05, 0) is 25.2 Å². The fraction of sp³-hybridized carbons (Fsp3) is 0.467. The van der Waals surface area contributed by atoms with Crippen LogP contribution in [0.2, 0.25) is 0 Å². The third-order valence-corrected chi connectivity index (χ3v) is 3.91. The first-order chi connectivity index (χ1) is 10.7. The molecule has 0 fully saturated rings. The molecule has 1 aliphatic rings. The van der Waals surface area contributed by atoms with Crippen molar-refractivity contribution in [2.75, 3.05) is 25.0 Å². The van der Waals surface area contributed by atoms with Gasteiger partial charge in [-0.1, -0.05) is 12.2 Å². The van der Waals surface area contributed by atoms with Crippen LogP contribution in [0.5, 0.6) is 0 Å². The molecule has 2 aromatic heterocycles. The summed E-state index contributed by atoms with van der Waals surface area (Å²) in [7, 11) is 1.84. The van der Waals surface area contributed by atoms with Crippen LogP contribution in [0, 0.1) is 5.92 Å². The number of nitrogens with zero attached hydrogens (tertiary/aromatic N) is 4. The fourth-order valence-electron chi connectivity index (χ4n) is 2.69. The van der Waals surface area contributed by atoms with Crippen molar-refractivity contribution in [3.63, 3.8) is 0 Å². The SMILES string of the molecule is CN(CC(=O)NC[C@H]1CC=CCC1)c1ncnc2nc[nH]c12. The van der Waals surface area contributed by atoms with Crippen molar-refractivity contribution in [1.82, 2.24) is 25.3 Å². The van der Waals surface area contributed by atoms with Gasteiger partial charge in [0.05, 0.1) is 12.9 Å². The molecule has 1 amide bonds. The van der Waals surface area contributed by atoms with Crippen LogP contribution in [0.3, 0.4) is 0 Å². The van der Waals surface area contributed by atoms with Crippen molar-refractivity contribution in [2.45, 2.75) is 19.3 Å². The topological polar surface area (TPSA) is 86.8 Å². The first kappa shape index (κ1) is 14.5. The van der Waals surface area contributed by atoms with Crippen LogP contribution >= 0.6 is 0 Å². The summed E-state index contributed by atoms with van der Waals surface area (Å²) in [5.41, 5.74) is 1.35. The fourth-order valence-corrected chi connectivity index (χ4v) is 2.69. The lowest BCUT2D eigenvalue weighted by atomic mass is 9.94. The van der Waals surface area contributed by atoms with E-state index in [1.165, 1.54) is 6.33 Å². The van der Waals surface area contributed by atoms with Crippen molar-refractivity contribution >= 4 is 22.9 Å². The van der Waals surface area contributed by atoms with Crippen LogP contribution in [-0.4, -0.2) is 46.0 Å². The van der Waals surface area contributed by atoms with Crippen LogP contribution in [-0.2, 0) is 4.79 Å². The zero-order chi connectivity index (χ0) is 15.4. The maximum Gasteiger partial charge on any atom is 0.239 e. The Balaban J connectivity index is 1.56. The molecule has 0 aromatic carbocycles. The van der Waals surface area contributed by atoms with E-state index in [-0.39, 0.29) is 12.5 Å². The summed E-state index contributed by atoms with van der Waals surface area (Å²) in [6.45, 7) is 0.994. The summed E-state index contributed by atoms with van der Waals surface area (Å²) >= 11 is 0. The highest BCUT2D eigenvalue weighted by atomic mass is 16.2. The molecule has 3 rings (SSSR count). The Morgan fingerprint density at radius 2 is 2.32 bits per heavy atom. The molecule has 116 valence electrons. The van der Waals surface area contributed by atoms with Crippen molar-refractivity contribution in [1.29, 1.82) is 0 Å². The third-order valence-electron chi connectivity index (χ3n) is 3.91. The van der Waals surface area contributed by atoms with Crippen molar-refractivity contribution in [3.05, 3.63) is 24.8 Å². The van der Waals surface area contributed by atoms with E-state index in [1.807, 2.05) is 7.05 Å². The van der Waals surface area contributed by atoms with Crippen LogP contribution in [0.25, 0.3) is 11.2 Å². The minimum Gasteiger partial charge on any atom is -0.354 e. The van der Waals surface area contributed by atoms with Gasteiger partial charge in [-0.2, -0.15) is 0 Å². The molecule has 0 unspecified atom stereocenters. The van der Waals surface area contributed by atoms with E-state index < -0.39 is 0 Å². The number of carbonyl (C=O) groups is 1. The standard InChI is InChI=1S/C15H20N6O/c1-21(15-13-14(18-9-17-13)19-10-20-15)8-12(22)16-7-11-5-3-2-4-6-11/h2-3,9-11H,4-8H2,1H3,(H,16,22)(H,17,18,19,20)/t11-/m0/s1. The van der Waals surface area contributed by atoms with E-state index in [0.29, 0.717) is 17.4 Å². The highest BCUT2D eigenvalue weighted by molar-refractivity contribution is 5.86. The molecule has 0 radical (unpaired) electrons. The summed E-state index contributed by atoms with van der Waals surface area (Å²) in [4.78, 5) is 29.3. The Kier molecular flexibility index (Phi) is 4.32. The number of allylic oxidation sites excluding steroid dienone is 2. The number of fused-ring (bicyclic) bond motifs is 1. The molecule has 2 aromatic rings. The molecule has 2 heterocycles. The number of carbonyl (C=O) groups excluding carboxylic acids is 1. The number of hydrogen-bond acceptors (Lipinski definition) is 5. The van der Waals surface area contributed by atoms with Crippen LogP contribution in [0.4, 0.5) is 5.82 Å². The van der Waals surface area contributed by atoms with E-state index in [2.05, 4.69) is 37.4 Å². The molecule has 7 heteroatoms. The second-order valence-corrected chi connectivity index (χ2v) is 5.61. The van der Waals surface area contributed by atoms with E-state index >= 15 is 0 Å². The molecule has 0 saturated heterocycles. The van der Waals surface area contributed by atoms with Gasteiger partial charge in [-0.3, -0.25) is 4.79 Å². The lowest BCUT2D eigenvalue weighted by Gasteiger charge is -2.21. The van der Waals surface area contributed by atoms with Crippen molar-refractivity contribution in [2.24, 2.45) is 5.92 Å². The number of H-pyrrole nitrogens is 1. The van der Waals surface area contributed by atoms with Gasteiger partial charge in [0.25, 0.3) is 0 Å². The minimum absolute atomic E-state index is 0.00308. The maximum absolute atomic E-state index is 12.1. The normalized spacial score (nSPS) is 17.6. The zero-order valence-corrected chi connectivity index (χ0v) is 12.6. The highest BCUT2D eigenvalue weighted by Crippen LogP contribution is 2.18. The average Bonchev–Trinajstić information content (AvgIpc) is 3.02. The van der Waals surface area contributed by atoms with Crippen molar-refractivity contribution < 1.29 is 4.79 Å². The average molecular weight is 300 g/mol. The Morgan fingerprint density at radius 1 is 1.41 bits per heavy atom. The number of rotatable bonds is 5. The van der Waals surface area contributed by atoms with Crippen molar-refractivity contribution in [3.8, 4) is 0 Å². The quantitative estimate of drug-likeness (QED) is 0.812. The first-order valence-corrected chi connectivity index (χ1v) is 7.51. The number of nitrogens with one attached hydrogen (secondary N) is 2. The monoisotopic (exact) mass is 300 g/mol. The van der Waals surface area contributed by atoms with Crippen LogP contribution in [0.15, 0.2) is 24.8 Å². The summed E-state index contributed by atoms with van der Waals surface area (Å²) < 4.78 is 0. The van der Waals surface area contributed by atoms with Crippen LogP contribution < -0.4 is 10.2 Å². The molecular formula is C15H20N6O. The van der Waals surface area contributed by atoms with Gasteiger partial charge in [0.2, 0.25) is 5.91 Å². The number of aromatic nitrogens is 4. The second kappa shape index (κ2) is 6.55. The maximum atomic E-state index is 12.1. The van der Waals surface area contributed by atoms with Gasteiger partial charge < -0.3 is 15.2 Å². The number of imidazole rings is 1. The summed E-state index contributed by atoms with van der Waals surface area (Å²) in [6.07, 6.45) is 10.7. The summed E-state index contributed by atoms with van der Waals surface area (Å²) in [6, 6.07) is 0. The van der Waals surface area contributed by atoms with Gasteiger partial charge in [0.15, 0.2) is 11.5 Å². The molecule has 0 aliphatic heterocycles. The number of aromatic amines is 1. The molecule has 0 spiro atoms. The molecule has 0 bridgehead atoms. The Hall–Kier alpha value is -2.44. The Morgan fingerprint density at radius 3 is 3.14 bits per heavy atom. The van der Waals surface area contributed by atoms with E-state index in [0.717, 1.165) is 31.3 Å². The predicted molar refractivity (Wildman–Crippen MR) is 84.4 cm³/mol. The molecule has 1 atom stereocenters. The molecule has 7 nitrogen and oxygen atoms in total. The lowest BCUT2D eigenvalue weighted by molar-refractivity contribution is -0.119. The minimum atomic E-state index is 0.00308. The Labute approximate surface area is 128 Å². The lowest BCUT2D eigenvalue weighted by Crippen LogP contribution is -2.38. The molecular weight excluding hydrogens is 280 g/mol. The largest absolute Gasteiger partial charge is 0.354 e. The number of hydrogen-bond donors (Lipinski definition) is 2. The van der Waals surface area contributed by atoms with Gasteiger partial charge in [-0.25, -0.2) is 15.0 Å². The Bertz CT molecular complexity index is 679. The predicted octanol–water partition coefficient (Wildman–Crippen LogP) is 1.26. The summed E-state index contributed by atoms with van der Waals surface area (Å²) in [5.74, 6) is 1.24. The third kappa shape index (κ3) is 3.24. The van der Waals surface area contributed by atoms with E-state index in [1.54, 1.807) is 11.2 Å². The number of likely N-dealkylation sites (N-methyl/N-ethyl adjacent to an activating group) is 1. The zero-order valence-electron chi connectivity index (χ0n) is 12.6. The number of anilines is 1. The molecule has 0 saturated carbocycles. The number of amides is 1. The summed E-state index contributed by atoms with van der Waals surface area (Å²) in [5, 5.41) is 3.01. The second-order valence-electron chi connectivity index (χ2n) is 5.61. The smallest absolute Gasteiger partial charge is 0.239 e. The molecule has 2 N–H and O–H groups in total. The molecule has 22 heavy (non-hydrogen) atoms. The molecule has 1 aliphatic carbocycles. The van der Waals surface area contributed by atoms with Gasteiger partial charge in [-0.15, -0.1) is 0 Å². The van der Waals surface area contributed by atoms with Gasteiger partial charge in [0.1, 0.15) is 11.8 Å².